The number of carbonyl (C=O) groups is 1. The van der Waals surface area contributed by atoms with E-state index < -0.39 is 10.8 Å². The van der Waals surface area contributed by atoms with Crippen LogP contribution in [0.15, 0.2) is 52.1 Å². The van der Waals surface area contributed by atoms with Crippen molar-refractivity contribution in [2.24, 2.45) is 0 Å². The number of halogens is 1. The lowest BCUT2D eigenvalue weighted by Crippen LogP contribution is -2.14. The first kappa shape index (κ1) is 18.9. The summed E-state index contributed by atoms with van der Waals surface area (Å²) in [5.41, 5.74) is 1.82. The number of anilines is 1. The molecule has 1 aromatic heterocycles. The lowest BCUT2D eigenvalue weighted by Gasteiger charge is -2.06. The average Bonchev–Trinajstić information content (AvgIpc) is 3.11. The van der Waals surface area contributed by atoms with Gasteiger partial charge in [0, 0.05) is 17.7 Å². The number of nitrogens with one attached hydrogen (secondary N) is 1. The molecule has 0 aliphatic rings. The smallest absolute Gasteiger partial charge is 0.277 e. The zero-order valence-electron chi connectivity index (χ0n) is 14.0. The number of rotatable bonds is 6. The van der Waals surface area contributed by atoms with Gasteiger partial charge in [0.1, 0.15) is 0 Å². The van der Waals surface area contributed by atoms with Crippen LogP contribution in [0, 0.1) is 17.0 Å². The van der Waals surface area contributed by atoms with E-state index in [9.17, 15) is 14.9 Å². The van der Waals surface area contributed by atoms with Gasteiger partial charge < -0.3 is 9.73 Å². The Labute approximate surface area is 163 Å². The van der Waals surface area contributed by atoms with E-state index in [0.29, 0.717) is 5.89 Å². The summed E-state index contributed by atoms with van der Waals surface area (Å²) in [6.07, 6.45) is 0. The van der Waals surface area contributed by atoms with Crippen LogP contribution in [-0.4, -0.2) is 26.8 Å². The molecule has 27 heavy (non-hydrogen) atoms. The summed E-state index contributed by atoms with van der Waals surface area (Å²) in [4.78, 5) is 22.4. The van der Waals surface area contributed by atoms with Crippen LogP contribution in [0.3, 0.4) is 0 Å². The Kier molecular flexibility index (Phi) is 5.72. The number of nitrogens with zero attached hydrogens (tertiary/aromatic N) is 3. The Morgan fingerprint density at radius 1 is 1.30 bits per heavy atom. The van der Waals surface area contributed by atoms with Crippen LogP contribution in [-0.2, 0) is 4.79 Å². The molecule has 1 N–H and O–H groups in total. The van der Waals surface area contributed by atoms with Gasteiger partial charge in [0.05, 0.1) is 21.4 Å². The number of aryl methyl sites for hydroxylation is 1. The van der Waals surface area contributed by atoms with E-state index in [1.54, 1.807) is 0 Å². The molecule has 8 nitrogen and oxygen atoms in total. The SMILES string of the molecule is Cc1ccccc1-c1nnc(SCC(=O)Nc2cc([N+](=O)[O-])ccc2Cl)o1. The lowest BCUT2D eigenvalue weighted by molar-refractivity contribution is -0.384. The number of hydrogen-bond acceptors (Lipinski definition) is 7. The van der Waals surface area contributed by atoms with Crippen molar-refractivity contribution in [2.75, 3.05) is 11.1 Å². The molecule has 1 heterocycles. The van der Waals surface area contributed by atoms with Gasteiger partial charge in [0.25, 0.3) is 10.9 Å². The lowest BCUT2D eigenvalue weighted by atomic mass is 10.1. The van der Waals surface area contributed by atoms with Crippen LogP contribution >= 0.6 is 23.4 Å². The van der Waals surface area contributed by atoms with Crippen LogP contribution in [0.5, 0.6) is 0 Å². The highest BCUT2D eigenvalue weighted by atomic mass is 35.5. The van der Waals surface area contributed by atoms with Crippen LogP contribution < -0.4 is 5.32 Å². The van der Waals surface area contributed by atoms with Gasteiger partial charge in [-0.3, -0.25) is 14.9 Å². The molecule has 0 fully saturated rings. The largest absolute Gasteiger partial charge is 0.411 e. The molecule has 0 saturated heterocycles. The van der Waals surface area contributed by atoms with Gasteiger partial charge in [-0.2, -0.15) is 0 Å². The van der Waals surface area contributed by atoms with E-state index in [4.69, 9.17) is 16.0 Å². The van der Waals surface area contributed by atoms with Crippen molar-refractivity contribution in [1.29, 1.82) is 0 Å². The monoisotopic (exact) mass is 404 g/mol. The van der Waals surface area contributed by atoms with E-state index in [1.807, 2.05) is 31.2 Å². The molecule has 2 aromatic carbocycles. The number of carbonyl (C=O) groups excluding carboxylic acids is 1. The summed E-state index contributed by atoms with van der Waals surface area (Å²) in [6.45, 7) is 1.93. The predicted octanol–water partition coefficient (Wildman–Crippen LogP) is 4.34. The molecule has 1 amide bonds. The van der Waals surface area contributed by atoms with Crippen LogP contribution in [0.2, 0.25) is 5.02 Å². The minimum absolute atomic E-state index is 0.0194. The molecule has 0 aliphatic carbocycles. The maximum absolute atomic E-state index is 12.1. The van der Waals surface area contributed by atoms with E-state index in [-0.39, 0.29) is 27.4 Å². The van der Waals surface area contributed by atoms with Gasteiger partial charge in [0.15, 0.2) is 0 Å². The second kappa shape index (κ2) is 8.19. The van der Waals surface area contributed by atoms with Gasteiger partial charge in [-0.05, 0) is 24.6 Å². The zero-order valence-corrected chi connectivity index (χ0v) is 15.6. The maximum Gasteiger partial charge on any atom is 0.277 e. The maximum atomic E-state index is 12.1. The van der Waals surface area contributed by atoms with E-state index in [2.05, 4.69) is 15.5 Å². The molecule has 0 radical (unpaired) electrons. The second-order valence-electron chi connectivity index (χ2n) is 5.45. The summed E-state index contributed by atoms with van der Waals surface area (Å²) < 4.78 is 5.57. The van der Waals surface area contributed by atoms with E-state index in [0.717, 1.165) is 22.9 Å². The Bertz CT molecular complexity index is 1010. The number of hydrogen-bond donors (Lipinski definition) is 1. The Balaban J connectivity index is 1.63. The highest BCUT2D eigenvalue weighted by Gasteiger charge is 2.15. The quantitative estimate of drug-likeness (QED) is 0.369. The number of aromatic nitrogens is 2. The summed E-state index contributed by atoms with van der Waals surface area (Å²) in [7, 11) is 0. The number of amides is 1. The minimum atomic E-state index is -0.563. The summed E-state index contributed by atoms with van der Waals surface area (Å²) in [6, 6.07) is 11.4. The van der Waals surface area contributed by atoms with Crippen molar-refractivity contribution >= 4 is 40.6 Å². The fraction of sp³-hybridized carbons (Fsp3) is 0.118. The van der Waals surface area contributed by atoms with Gasteiger partial charge >= 0.3 is 0 Å². The number of benzene rings is 2. The van der Waals surface area contributed by atoms with Crippen LogP contribution in [0.1, 0.15) is 5.56 Å². The third kappa shape index (κ3) is 4.63. The van der Waals surface area contributed by atoms with Crippen molar-refractivity contribution in [3.05, 3.63) is 63.2 Å². The molecule has 0 saturated carbocycles. The van der Waals surface area contributed by atoms with Crippen molar-refractivity contribution < 1.29 is 14.1 Å². The molecular weight excluding hydrogens is 392 g/mol. The molecule has 0 bridgehead atoms. The topological polar surface area (TPSA) is 111 Å². The third-order valence-corrected chi connectivity index (χ3v) is 4.69. The van der Waals surface area contributed by atoms with Crippen molar-refractivity contribution in [2.45, 2.75) is 12.1 Å². The van der Waals surface area contributed by atoms with Gasteiger partial charge in [-0.15, -0.1) is 10.2 Å². The van der Waals surface area contributed by atoms with E-state index in [1.165, 1.54) is 18.2 Å². The normalized spacial score (nSPS) is 10.6. The fourth-order valence-electron chi connectivity index (χ4n) is 2.23. The van der Waals surface area contributed by atoms with E-state index >= 15 is 0 Å². The number of non-ortho nitro benzene ring substituents is 1. The average molecular weight is 405 g/mol. The van der Waals surface area contributed by atoms with Crippen LogP contribution in [0.25, 0.3) is 11.5 Å². The van der Waals surface area contributed by atoms with Crippen molar-refractivity contribution in [1.82, 2.24) is 10.2 Å². The first-order chi connectivity index (χ1) is 12.9. The summed E-state index contributed by atoms with van der Waals surface area (Å²) >= 11 is 7.02. The van der Waals surface area contributed by atoms with Crippen LogP contribution in [0.4, 0.5) is 11.4 Å². The molecular formula is C17H13ClN4O4S. The Morgan fingerprint density at radius 2 is 2.07 bits per heavy atom. The second-order valence-corrected chi connectivity index (χ2v) is 6.78. The molecule has 0 atom stereocenters. The first-order valence-corrected chi connectivity index (χ1v) is 9.06. The summed E-state index contributed by atoms with van der Waals surface area (Å²) in [5.74, 6) is -0.0511. The third-order valence-electron chi connectivity index (χ3n) is 3.54. The highest BCUT2D eigenvalue weighted by molar-refractivity contribution is 7.99. The minimum Gasteiger partial charge on any atom is -0.411 e. The van der Waals surface area contributed by atoms with Gasteiger partial charge in [0.2, 0.25) is 11.8 Å². The molecule has 0 unspecified atom stereocenters. The Hall–Kier alpha value is -2.91. The molecule has 138 valence electrons. The Morgan fingerprint density at radius 3 is 2.81 bits per heavy atom. The van der Waals surface area contributed by atoms with Gasteiger partial charge in [-0.1, -0.05) is 41.6 Å². The number of nitro benzene ring substituents is 1. The van der Waals surface area contributed by atoms with Gasteiger partial charge in [-0.25, -0.2) is 0 Å². The summed E-state index contributed by atoms with van der Waals surface area (Å²) in [5, 5.41) is 21.7. The molecule has 3 aromatic rings. The molecule has 0 spiro atoms. The molecule has 10 heteroatoms. The fourth-order valence-corrected chi connectivity index (χ4v) is 2.95. The van der Waals surface area contributed by atoms with Crippen molar-refractivity contribution in [3.63, 3.8) is 0 Å². The van der Waals surface area contributed by atoms with Crippen molar-refractivity contribution in [3.8, 4) is 11.5 Å². The standard InChI is InChI=1S/C17H13ClN4O4S/c1-10-4-2-3-5-12(10)16-20-21-17(26-16)27-9-15(23)19-14-8-11(22(24)25)6-7-13(14)18/h2-8H,9H2,1H3,(H,19,23). The predicted molar refractivity (Wildman–Crippen MR) is 102 cm³/mol. The number of nitro groups is 1. The first-order valence-electron chi connectivity index (χ1n) is 7.70. The molecule has 0 aliphatic heterocycles. The zero-order chi connectivity index (χ0) is 19.4. The molecule has 3 rings (SSSR count). The number of thioether (sulfide) groups is 1. The highest BCUT2D eigenvalue weighted by Crippen LogP contribution is 2.28.